The molecule has 1 atom stereocenters. The number of carbonyl (C=O) groups is 1. The van der Waals surface area contributed by atoms with Gasteiger partial charge in [0.2, 0.25) is 5.91 Å². The van der Waals surface area contributed by atoms with Crippen LogP contribution in [-0.4, -0.2) is 41.7 Å². The first kappa shape index (κ1) is 15.9. The molecule has 0 spiro atoms. The van der Waals surface area contributed by atoms with Gasteiger partial charge in [0, 0.05) is 29.7 Å². The number of nitrogens with one attached hydrogen (secondary N) is 1. The molecule has 0 aliphatic carbocycles. The summed E-state index contributed by atoms with van der Waals surface area (Å²) in [5.41, 5.74) is 8.19. The Morgan fingerprint density at radius 2 is 2.39 bits per heavy atom. The van der Waals surface area contributed by atoms with Crippen molar-refractivity contribution in [2.75, 3.05) is 29.9 Å². The van der Waals surface area contributed by atoms with Gasteiger partial charge in [-0.25, -0.2) is 4.98 Å². The second-order valence-electron chi connectivity index (χ2n) is 5.58. The van der Waals surface area contributed by atoms with Crippen molar-refractivity contribution < 1.29 is 9.90 Å². The number of piperidine rings is 1. The van der Waals surface area contributed by atoms with Gasteiger partial charge in [0.05, 0.1) is 18.3 Å². The Hall–Kier alpha value is -1.96. The lowest BCUT2D eigenvalue weighted by Crippen LogP contribution is -2.38. The summed E-state index contributed by atoms with van der Waals surface area (Å²) in [6, 6.07) is 8.10. The highest BCUT2D eigenvalue weighted by Crippen LogP contribution is 2.29. The Labute approximate surface area is 139 Å². The normalized spacial score (nSPS) is 18.0. The van der Waals surface area contributed by atoms with Crippen LogP contribution < -0.4 is 16.0 Å². The van der Waals surface area contributed by atoms with Crippen molar-refractivity contribution in [2.45, 2.75) is 18.9 Å². The van der Waals surface area contributed by atoms with Gasteiger partial charge >= 0.3 is 0 Å². The topological polar surface area (TPSA) is 91.5 Å². The number of nitrogens with zero attached hydrogens (tertiary/aromatic N) is 2. The first-order valence-corrected chi connectivity index (χ1v) is 8.52. The standard InChI is InChI=1S/C16H20N4O2S/c17-8-15(22)19-16-18-14(10-23-16)11-3-1-4-12(7-11)20-6-2-5-13(21)9-20/h1,3-4,7,10,13,21H,2,5-6,8-9,17H2,(H,18,19,22)/t13-/m0/s1. The number of anilines is 2. The van der Waals surface area contributed by atoms with Crippen molar-refractivity contribution in [3.63, 3.8) is 0 Å². The number of aliphatic hydroxyl groups is 1. The molecule has 0 saturated carbocycles. The van der Waals surface area contributed by atoms with E-state index in [1.54, 1.807) is 0 Å². The van der Waals surface area contributed by atoms with E-state index in [1.807, 2.05) is 23.6 Å². The molecular formula is C16H20N4O2S. The van der Waals surface area contributed by atoms with Crippen molar-refractivity contribution in [3.8, 4) is 11.3 Å². The molecule has 4 N–H and O–H groups in total. The zero-order chi connectivity index (χ0) is 16.2. The lowest BCUT2D eigenvalue weighted by molar-refractivity contribution is -0.114. The van der Waals surface area contributed by atoms with Crippen LogP contribution in [0.1, 0.15) is 12.8 Å². The smallest absolute Gasteiger partial charge is 0.239 e. The Bertz CT molecular complexity index is 688. The minimum absolute atomic E-state index is 0.0539. The molecule has 23 heavy (non-hydrogen) atoms. The predicted molar refractivity (Wildman–Crippen MR) is 92.7 cm³/mol. The van der Waals surface area contributed by atoms with Gasteiger partial charge in [-0.05, 0) is 25.0 Å². The molecule has 1 amide bonds. The number of rotatable bonds is 4. The van der Waals surface area contributed by atoms with Crippen LogP contribution in [0, 0.1) is 0 Å². The van der Waals surface area contributed by atoms with Gasteiger partial charge in [-0.15, -0.1) is 11.3 Å². The molecule has 1 fully saturated rings. The van der Waals surface area contributed by atoms with Gasteiger partial charge in [-0.2, -0.15) is 0 Å². The van der Waals surface area contributed by atoms with Crippen LogP contribution in [0.25, 0.3) is 11.3 Å². The number of thiazole rings is 1. The average Bonchev–Trinajstić information content (AvgIpc) is 3.03. The zero-order valence-corrected chi connectivity index (χ0v) is 13.6. The average molecular weight is 332 g/mol. The molecule has 1 aliphatic rings. The van der Waals surface area contributed by atoms with Crippen LogP contribution in [0.5, 0.6) is 0 Å². The Kier molecular flexibility index (Phi) is 4.90. The second kappa shape index (κ2) is 7.08. The van der Waals surface area contributed by atoms with Crippen LogP contribution >= 0.6 is 11.3 Å². The van der Waals surface area contributed by atoms with Crippen molar-refractivity contribution in [1.29, 1.82) is 0 Å². The van der Waals surface area contributed by atoms with Gasteiger partial charge in [0.15, 0.2) is 5.13 Å². The second-order valence-corrected chi connectivity index (χ2v) is 6.44. The van der Waals surface area contributed by atoms with E-state index in [1.165, 1.54) is 11.3 Å². The first-order chi connectivity index (χ1) is 11.2. The van der Waals surface area contributed by atoms with E-state index in [0.29, 0.717) is 11.7 Å². The largest absolute Gasteiger partial charge is 0.391 e. The maximum absolute atomic E-state index is 11.3. The summed E-state index contributed by atoms with van der Waals surface area (Å²) < 4.78 is 0. The van der Waals surface area contributed by atoms with Crippen molar-refractivity contribution in [1.82, 2.24) is 4.98 Å². The molecule has 6 nitrogen and oxygen atoms in total. The van der Waals surface area contributed by atoms with E-state index in [-0.39, 0.29) is 18.6 Å². The van der Waals surface area contributed by atoms with Crippen LogP contribution in [0.15, 0.2) is 29.6 Å². The minimum atomic E-state index is -0.259. The Morgan fingerprint density at radius 1 is 1.52 bits per heavy atom. The minimum Gasteiger partial charge on any atom is -0.391 e. The summed E-state index contributed by atoms with van der Waals surface area (Å²) in [6.45, 7) is 1.56. The van der Waals surface area contributed by atoms with E-state index in [9.17, 15) is 9.90 Å². The SMILES string of the molecule is NCC(=O)Nc1nc(-c2cccc(N3CCC[C@H](O)C3)c2)cs1. The predicted octanol–water partition coefficient (Wildman–Crippen LogP) is 1.67. The first-order valence-electron chi connectivity index (χ1n) is 7.64. The third-order valence-corrected chi connectivity index (χ3v) is 4.60. The van der Waals surface area contributed by atoms with E-state index in [4.69, 9.17) is 5.73 Å². The summed E-state index contributed by atoms with van der Waals surface area (Å²) in [6.07, 6.45) is 1.61. The zero-order valence-electron chi connectivity index (χ0n) is 12.7. The number of hydrogen-bond acceptors (Lipinski definition) is 6. The summed E-state index contributed by atoms with van der Waals surface area (Å²) in [4.78, 5) is 17.9. The van der Waals surface area contributed by atoms with Crippen LogP contribution in [0.4, 0.5) is 10.8 Å². The highest BCUT2D eigenvalue weighted by atomic mass is 32.1. The number of benzene rings is 1. The molecule has 122 valence electrons. The lowest BCUT2D eigenvalue weighted by Gasteiger charge is -2.32. The maximum Gasteiger partial charge on any atom is 0.239 e. The fraction of sp³-hybridized carbons (Fsp3) is 0.375. The summed E-state index contributed by atoms with van der Waals surface area (Å²) in [5, 5.41) is 15.0. The van der Waals surface area contributed by atoms with E-state index in [0.717, 1.165) is 36.3 Å². The number of carbonyl (C=O) groups excluding carboxylic acids is 1. The Morgan fingerprint density at radius 3 is 3.17 bits per heavy atom. The molecule has 2 aromatic rings. The summed E-state index contributed by atoms with van der Waals surface area (Å²) in [5.74, 6) is -0.248. The van der Waals surface area contributed by atoms with Crippen molar-refractivity contribution >= 4 is 28.1 Å². The fourth-order valence-electron chi connectivity index (χ4n) is 2.69. The molecule has 1 saturated heterocycles. The molecule has 1 aromatic heterocycles. The van der Waals surface area contributed by atoms with Gasteiger partial charge in [-0.1, -0.05) is 12.1 Å². The molecule has 0 bridgehead atoms. The third kappa shape index (κ3) is 3.87. The number of β-amino-alcohol motifs (C(OH)–C–C–N with tert-alkyl or cyclic N) is 1. The molecule has 1 aromatic carbocycles. The van der Waals surface area contributed by atoms with E-state index < -0.39 is 0 Å². The summed E-state index contributed by atoms with van der Waals surface area (Å²) >= 11 is 1.38. The van der Waals surface area contributed by atoms with Crippen LogP contribution in [0.2, 0.25) is 0 Å². The number of hydrogen-bond donors (Lipinski definition) is 3. The van der Waals surface area contributed by atoms with Crippen LogP contribution in [-0.2, 0) is 4.79 Å². The molecule has 0 radical (unpaired) electrons. The monoisotopic (exact) mass is 332 g/mol. The quantitative estimate of drug-likeness (QED) is 0.792. The van der Waals surface area contributed by atoms with Gasteiger partial charge < -0.3 is 21.1 Å². The maximum atomic E-state index is 11.3. The van der Waals surface area contributed by atoms with Crippen LogP contribution in [0.3, 0.4) is 0 Å². The molecule has 2 heterocycles. The molecule has 3 rings (SSSR count). The molecular weight excluding hydrogens is 312 g/mol. The van der Waals surface area contributed by atoms with Crippen molar-refractivity contribution in [2.24, 2.45) is 5.73 Å². The van der Waals surface area contributed by atoms with Gasteiger partial charge in [0.1, 0.15) is 0 Å². The molecule has 1 aliphatic heterocycles. The Balaban J connectivity index is 1.78. The lowest BCUT2D eigenvalue weighted by atomic mass is 10.1. The van der Waals surface area contributed by atoms with E-state index in [2.05, 4.69) is 21.3 Å². The van der Waals surface area contributed by atoms with Crippen molar-refractivity contribution in [3.05, 3.63) is 29.6 Å². The number of aromatic nitrogens is 1. The van der Waals surface area contributed by atoms with Gasteiger partial charge in [-0.3, -0.25) is 4.79 Å². The molecule has 0 unspecified atom stereocenters. The number of nitrogens with two attached hydrogens (primary N) is 1. The molecule has 7 heteroatoms. The number of aliphatic hydroxyl groups excluding tert-OH is 1. The third-order valence-electron chi connectivity index (χ3n) is 3.84. The highest BCUT2D eigenvalue weighted by molar-refractivity contribution is 7.14. The number of amides is 1. The van der Waals surface area contributed by atoms with Gasteiger partial charge in [0.25, 0.3) is 0 Å². The fourth-order valence-corrected chi connectivity index (χ4v) is 3.42. The summed E-state index contributed by atoms with van der Waals surface area (Å²) in [7, 11) is 0. The van der Waals surface area contributed by atoms with E-state index >= 15 is 0 Å². The highest BCUT2D eigenvalue weighted by Gasteiger charge is 2.18.